The fourth-order valence-electron chi connectivity index (χ4n) is 6.81. The molecule has 2 aromatic heterocycles. The first-order valence-corrected chi connectivity index (χ1v) is 17.3. The summed E-state index contributed by atoms with van der Waals surface area (Å²) in [4.78, 5) is 17.1. The van der Waals surface area contributed by atoms with Gasteiger partial charge in [0.25, 0.3) is 0 Å². The van der Waals surface area contributed by atoms with E-state index in [0.29, 0.717) is 32.0 Å². The summed E-state index contributed by atoms with van der Waals surface area (Å²) in [6.07, 6.45) is 5.02. The molecule has 0 amide bonds. The predicted molar refractivity (Wildman–Crippen MR) is 170 cm³/mol. The number of carboxylic acid groups (broad SMARTS) is 1. The van der Waals surface area contributed by atoms with Gasteiger partial charge in [-0.3, -0.25) is 4.79 Å². The molecule has 0 bridgehead atoms. The number of sulfonamides is 1. The van der Waals surface area contributed by atoms with Gasteiger partial charge in [-0.1, -0.05) is 29.5 Å². The Bertz CT molecular complexity index is 1910. The van der Waals surface area contributed by atoms with Gasteiger partial charge >= 0.3 is 5.97 Å². The molecule has 46 heavy (non-hydrogen) atoms. The van der Waals surface area contributed by atoms with Crippen LogP contribution in [-0.2, 0) is 32.6 Å². The van der Waals surface area contributed by atoms with Gasteiger partial charge in [0.2, 0.25) is 15.9 Å². The SMILES string of the molecule is Cc1ccc([C@@H](c2ccc3c(c2)nnn3CC2CC2)C(C)(C)C(=O)O)cc1CN1CC2(CCOCC2)Oc2ncccc2S1(=O)=O. The van der Waals surface area contributed by atoms with Crippen molar-refractivity contribution in [3.8, 4) is 5.88 Å². The highest BCUT2D eigenvalue weighted by atomic mass is 32.2. The van der Waals surface area contributed by atoms with Crippen molar-refractivity contribution in [1.82, 2.24) is 24.3 Å². The highest BCUT2D eigenvalue weighted by molar-refractivity contribution is 7.89. The fourth-order valence-corrected chi connectivity index (χ4v) is 8.36. The molecule has 1 N–H and O–H groups in total. The third-order valence-electron chi connectivity index (χ3n) is 9.86. The normalized spacial score (nSPS) is 20.2. The number of nitrogens with zero attached hydrogens (tertiary/aromatic N) is 5. The lowest BCUT2D eigenvalue weighted by molar-refractivity contribution is -0.147. The van der Waals surface area contributed by atoms with Crippen molar-refractivity contribution in [2.24, 2.45) is 11.3 Å². The summed E-state index contributed by atoms with van der Waals surface area (Å²) in [6, 6.07) is 14.9. The molecule has 12 heteroatoms. The second-order valence-corrected chi connectivity index (χ2v) is 15.5. The molecule has 2 aromatic carbocycles. The lowest BCUT2D eigenvalue weighted by Crippen LogP contribution is -2.50. The third kappa shape index (κ3) is 5.56. The number of fused-ring (bicyclic) bond motifs is 2. The highest BCUT2D eigenvalue weighted by Gasteiger charge is 2.46. The van der Waals surface area contributed by atoms with E-state index in [9.17, 15) is 18.3 Å². The quantitative estimate of drug-likeness (QED) is 0.283. The Balaban J connectivity index is 1.28. The molecule has 1 saturated carbocycles. The number of carboxylic acids is 1. The minimum atomic E-state index is -3.97. The molecular formula is C34H39N5O6S. The zero-order valence-electron chi connectivity index (χ0n) is 26.3. The van der Waals surface area contributed by atoms with Crippen molar-refractivity contribution in [2.45, 2.75) is 76.0 Å². The maximum atomic E-state index is 14.1. The second kappa shape index (κ2) is 11.4. The summed E-state index contributed by atoms with van der Waals surface area (Å²) in [5.41, 5.74) is 2.98. The van der Waals surface area contributed by atoms with Crippen molar-refractivity contribution < 1.29 is 27.8 Å². The van der Waals surface area contributed by atoms with Crippen molar-refractivity contribution in [3.63, 3.8) is 0 Å². The van der Waals surface area contributed by atoms with E-state index in [4.69, 9.17) is 9.47 Å². The molecule has 11 nitrogen and oxygen atoms in total. The number of aromatic nitrogens is 4. The Morgan fingerprint density at radius 1 is 1.11 bits per heavy atom. The van der Waals surface area contributed by atoms with Crippen LogP contribution in [0.25, 0.3) is 11.0 Å². The van der Waals surface area contributed by atoms with Crippen molar-refractivity contribution in [3.05, 3.63) is 77.0 Å². The standard InChI is InChI=1S/C34H39N5O6S/c1-22-6-9-24(30(33(2,3)32(40)41)25-10-11-28-27(18-25)36-37-39(28)19-23-7-8-23)17-26(22)20-38-21-34(12-15-44-16-13-34)45-31-29(46(38,42)43)5-4-14-35-31/h4-6,9-11,14,17-18,23,30H,7-8,12-13,15-16,19-21H2,1-3H3,(H,40,41)/t30-/m0/s1. The van der Waals surface area contributed by atoms with Gasteiger partial charge in [0.15, 0.2) is 0 Å². The largest absolute Gasteiger partial charge is 0.481 e. The summed E-state index contributed by atoms with van der Waals surface area (Å²) in [5.74, 6) is -0.724. The number of hydrogen-bond acceptors (Lipinski definition) is 8. The Kier molecular flexibility index (Phi) is 7.64. The molecule has 1 aliphatic carbocycles. The summed E-state index contributed by atoms with van der Waals surface area (Å²) >= 11 is 0. The maximum absolute atomic E-state index is 14.1. The monoisotopic (exact) mass is 645 g/mol. The van der Waals surface area contributed by atoms with Gasteiger partial charge in [-0.25, -0.2) is 18.1 Å². The number of aryl methyl sites for hydroxylation is 1. The lowest BCUT2D eigenvalue weighted by atomic mass is 9.71. The van der Waals surface area contributed by atoms with Crippen LogP contribution >= 0.6 is 0 Å². The van der Waals surface area contributed by atoms with Crippen LogP contribution in [0.2, 0.25) is 0 Å². The fraction of sp³-hybridized carbons (Fsp3) is 0.471. The summed E-state index contributed by atoms with van der Waals surface area (Å²) in [7, 11) is -3.97. The molecule has 2 fully saturated rings. The molecule has 3 aliphatic rings. The van der Waals surface area contributed by atoms with E-state index in [1.54, 1.807) is 26.1 Å². The first kappa shape index (κ1) is 30.8. The molecular weight excluding hydrogens is 606 g/mol. The Hall–Kier alpha value is -3.87. The van der Waals surface area contributed by atoms with Gasteiger partial charge in [0.05, 0.1) is 30.7 Å². The number of hydrogen-bond donors (Lipinski definition) is 1. The molecule has 7 rings (SSSR count). The minimum absolute atomic E-state index is 0.0418. The molecule has 4 aromatic rings. The van der Waals surface area contributed by atoms with Crippen LogP contribution in [-0.4, -0.2) is 69.1 Å². The Morgan fingerprint density at radius 2 is 1.85 bits per heavy atom. The van der Waals surface area contributed by atoms with Crippen LogP contribution in [0, 0.1) is 18.3 Å². The molecule has 1 spiro atoms. The van der Waals surface area contributed by atoms with Crippen LogP contribution in [0.3, 0.4) is 0 Å². The van der Waals surface area contributed by atoms with Crippen LogP contribution in [0.4, 0.5) is 0 Å². The number of aliphatic carboxylic acids is 1. The summed E-state index contributed by atoms with van der Waals surface area (Å²) in [5, 5.41) is 19.2. The van der Waals surface area contributed by atoms with Gasteiger partial charge in [0, 0.05) is 38.0 Å². The van der Waals surface area contributed by atoms with Crippen molar-refractivity contribution in [1.29, 1.82) is 0 Å². The van der Waals surface area contributed by atoms with E-state index >= 15 is 0 Å². The van der Waals surface area contributed by atoms with Crippen LogP contribution in [0.1, 0.15) is 67.7 Å². The number of carbonyl (C=O) groups is 1. The van der Waals surface area contributed by atoms with Gasteiger partial charge in [0.1, 0.15) is 16.0 Å². The van der Waals surface area contributed by atoms with Gasteiger partial charge in [-0.05, 0) is 86.1 Å². The molecule has 2 aliphatic heterocycles. The Labute approximate surface area is 268 Å². The van der Waals surface area contributed by atoms with E-state index in [2.05, 4.69) is 15.3 Å². The van der Waals surface area contributed by atoms with Crippen LogP contribution in [0.15, 0.2) is 59.6 Å². The number of benzene rings is 2. The van der Waals surface area contributed by atoms with E-state index in [-0.39, 0.29) is 23.9 Å². The van der Waals surface area contributed by atoms with Crippen LogP contribution < -0.4 is 4.74 Å². The van der Waals surface area contributed by atoms with Crippen LogP contribution in [0.5, 0.6) is 5.88 Å². The topological polar surface area (TPSA) is 137 Å². The second-order valence-electron chi connectivity index (χ2n) is 13.6. The predicted octanol–water partition coefficient (Wildman–Crippen LogP) is 4.92. The van der Waals surface area contributed by atoms with Crippen molar-refractivity contribution in [2.75, 3.05) is 19.8 Å². The molecule has 4 heterocycles. The first-order valence-electron chi connectivity index (χ1n) is 15.8. The minimum Gasteiger partial charge on any atom is -0.481 e. The molecule has 1 atom stereocenters. The van der Waals surface area contributed by atoms with E-state index in [1.807, 2.05) is 48.0 Å². The molecule has 1 saturated heterocycles. The summed E-state index contributed by atoms with van der Waals surface area (Å²) < 4.78 is 43.7. The third-order valence-corrected chi connectivity index (χ3v) is 11.7. The number of rotatable bonds is 8. The van der Waals surface area contributed by atoms with E-state index < -0.39 is 32.9 Å². The first-order chi connectivity index (χ1) is 22.0. The summed E-state index contributed by atoms with van der Waals surface area (Å²) in [6.45, 7) is 7.41. The number of ether oxygens (including phenoxy) is 2. The zero-order valence-corrected chi connectivity index (χ0v) is 27.2. The Morgan fingerprint density at radius 3 is 2.59 bits per heavy atom. The maximum Gasteiger partial charge on any atom is 0.310 e. The van der Waals surface area contributed by atoms with Crippen molar-refractivity contribution >= 4 is 27.0 Å². The molecule has 0 radical (unpaired) electrons. The average Bonchev–Trinajstić information content (AvgIpc) is 3.77. The van der Waals surface area contributed by atoms with Gasteiger partial charge < -0.3 is 14.6 Å². The smallest absolute Gasteiger partial charge is 0.310 e. The highest BCUT2D eigenvalue weighted by Crippen LogP contribution is 2.43. The zero-order chi connectivity index (χ0) is 32.3. The van der Waals surface area contributed by atoms with E-state index in [0.717, 1.165) is 39.8 Å². The molecule has 0 unspecified atom stereocenters. The lowest BCUT2D eigenvalue weighted by Gasteiger charge is -2.38. The van der Waals surface area contributed by atoms with Gasteiger partial charge in [-0.2, -0.15) is 4.31 Å². The van der Waals surface area contributed by atoms with Gasteiger partial charge in [-0.15, -0.1) is 5.10 Å². The average molecular weight is 646 g/mol. The molecule has 242 valence electrons. The number of pyridine rings is 1. The van der Waals surface area contributed by atoms with E-state index in [1.165, 1.54) is 23.2 Å².